The van der Waals surface area contributed by atoms with E-state index in [4.69, 9.17) is 27.0 Å². The fourth-order valence-corrected chi connectivity index (χ4v) is 10.4. The SMILES string of the molecule is C[C@H](NC(=O)[C@H](CCC(=O)O)NC(=O)[C@H](CCCCN)NC(=O)CN)C(=O)N1CCC[C@H]1C(=O)N1CCC[C@H]1C(=O)N[C@@H](C)C(=O)N1CCC[C@H]1C(=O)N1CCC[C@H]1C(=O)N[C@@H](CCC(N)=O)C(=O)N[C@@H](COP(=O)(O)O)C(=O)O. The molecule has 448 valence electrons. The van der Waals surface area contributed by atoms with Crippen molar-refractivity contribution in [3.63, 3.8) is 0 Å². The number of hydrogen-bond donors (Lipinski definition) is 13. The van der Waals surface area contributed by atoms with Gasteiger partial charge in [0.25, 0.3) is 0 Å². The number of aliphatic carboxylic acids is 2. The molecule has 32 nitrogen and oxygen atoms in total. The number of unbranched alkanes of at least 4 members (excludes halogenated alkanes) is 1. The van der Waals surface area contributed by atoms with Crippen LogP contribution in [0.3, 0.4) is 0 Å². The molecule has 0 aliphatic carbocycles. The quantitative estimate of drug-likeness (QED) is 0.0235. The maximum Gasteiger partial charge on any atom is 0.469 e. The van der Waals surface area contributed by atoms with E-state index in [9.17, 15) is 77.1 Å². The number of amides is 11. The van der Waals surface area contributed by atoms with Gasteiger partial charge in [-0.05, 0) is 104 Å². The maximum atomic E-state index is 14.3. The van der Waals surface area contributed by atoms with Crippen LogP contribution in [-0.4, -0.2) is 223 Å². The van der Waals surface area contributed by atoms with E-state index < -0.39 is 178 Å². The van der Waals surface area contributed by atoms with E-state index in [0.29, 0.717) is 45.1 Å². The molecule has 4 saturated heterocycles. The summed E-state index contributed by atoms with van der Waals surface area (Å²) in [5.74, 6) is -11.4. The second-order valence-electron chi connectivity index (χ2n) is 20.1. The van der Waals surface area contributed by atoms with Crippen LogP contribution in [0, 0.1) is 0 Å². The van der Waals surface area contributed by atoms with Crippen LogP contribution in [0.5, 0.6) is 0 Å². The molecule has 0 unspecified atom stereocenters. The Labute approximate surface area is 460 Å². The highest BCUT2D eigenvalue weighted by Crippen LogP contribution is 2.35. The zero-order valence-electron chi connectivity index (χ0n) is 44.7. The van der Waals surface area contributed by atoms with E-state index in [0.717, 1.165) is 0 Å². The van der Waals surface area contributed by atoms with Crippen molar-refractivity contribution in [2.75, 3.05) is 45.9 Å². The summed E-state index contributed by atoms with van der Waals surface area (Å²) in [6.07, 6.45) is 1.49. The number of rotatable bonds is 30. The first kappa shape index (κ1) is 65.7. The van der Waals surface area contributed by atoms with Gasteiger partial charge < -0.3 is 88.7 Å². The lowest BCUT2D eigenvalue weighted by Gasteiger charge is -2.34. The van der Waals surface area contributed by atoms with Gasteiger partial charge in [-0.1, -0.05) is 0 Å². The number of nitrogens with zero attached hydrogens (tertiary/aromatic N) is 4. The van der Waals surface area contributed by atoms with Crippen LogP contribution in [0.4, 0.5) is 0 Å². The van der Waals surface area contributed by atoms with Gasteiger partial charge in [-0.15, -0.1) is 0 Å². The highest BCUT2D eigenvalue weighted by molar-refractivity contribution is 7.46. The van der Waals surface area contributed by atoms with Crippen LogP contribution in [0.2, 0.25) is 0 Å². The van der Waals surface area contributed by atoms with E-state index in [1.54, 1.807) is 0 Å². The molecule has 80 heavy (non-hydrogen) atoms. The number of carbonyl (C=O) groups is 13. The van der Waals surface area contributed by atoms with Gasteiger partial charge in [0, 0.05) is 39.0 Å². The number of nitrogens with two attached hydrogens (primary N) is 3. The molecule has 4 rings (SSSR count). The Kier molecular flexibility index (Phi) is 25.2. The minimum Gasteiger partial charge on any atom is -0.481 e. The third kappa shape index (κ3) is 18.9. The average molecular weight is 1160 g/mol. The molecule has 0 radical (unpaired) electrons. The van der Waals surface area contributed by atoms with Crippen molar-refractivity contribution in [2.24, 2.45) is 17.2 Å². The van der Waals surface area contributed by atoms with Crippen molar-refractivity contribution >= 4 is 84.7 Å². The topological polar surface area (TPSA) is 492 Å². The van der Waals surface area contributed by atoms with Gasteiger partial charge in [-0.3, -0.25) is 62.1 Å². The second kappa shape index (κ2) is 30.7. The summed E-state index contributed by atoms with van der Waals surface area (Å²) in [4.78, 5) is 194. The normalized spacial score (nSPS) is 21.3. The molecule has 16 N–H and O–H groups in total. The Balaban J connectivity index is 1.38. The van der Waals surface area contributed by atoms with Crippen LogP contribution in [-0.2, 0) is 71.4 Å². The number of hydrogen-bond acceptors (Lipinski definition) is 17. The van der Waals surface area contributed by atoms with E-state index >= 15 is 0 Å². The summed E-state index contributed by atoms with van der Waals surface area (Å²) >= 11 is 0. The molecule has 0 aromatic heterocycles. The van der Waals surface area contributed by atoms with Gasteiger partial charge in [-0.2, -0.15) is 0 Å². The molecule has 10 atom stereocenters. The van der Waals surface area contributed by atoms with Crippen molar-refractivity contribution in [3.05, 3.63) is 0 Å². The molecule has 0 aromatic rings. The molecule has 0 saturated carbocycles. The predicted molar refractivity (Wildman–Crippen MR) is 275 cm³/mol. The lowest BCUT2D eigenvalue weighted by Crippen LogP contribution is -2.59. The molecule has 33 heteroatoms. The third-order valence-corrected chi connectivity index (χ3v) is 14.7. The van der Waals surface area contributed by atoms with Crippen molar-refractivity contribution < 1.29 is 91.4 Å². The highest BCUT2D eigenvalue weighted by atomic mass is 31.2. The smallest absolute Gasteiger partial charge is 0.469 e. The van der Waals surface area contributed by atoms with Crippen LogP contribution in [0.15, 0.2) is 0 Å². The minimum absolute atomic E-state index is 0.0641. The Bertz CT molecular complexity index is 2380. The first-order valence-electron chi connectivity index (χ1n) is 26.6. The van der Waals surface area contributed by atoms with E-state index in [1.165, 1.54) is 33.4 Å². The molecule has 0 spiro atoms. The molecule has 4 aliphatic heterocycles. The fourth-order valence-electron chi connectivity index (χ4n) is 10.1. The van der Waals surface area contributed by atoms with Crippen LogP contribution >= 0.6 is 7.82 Å². The Hall–Kier alpha value is -6.86. The first-order chi connectivity index (χ1) is 37.7. The number of carbonyl (C=O) groups excluding carboxylic acids is 11. The first-order valence-corrected chi connectivity index (χ1v) is 28.1. The predicted octanol–water partition coefficient (Wildman–Crippen LogP) is -5.69. The zero-order valence-corrected chi connectivity index (χ0v) is 45.6. The highest BCUT2D eigenvalue weighted by Gasteiger charge is 2.46. The summed E-state index contributed by atoms with van der Waals surface area (Å²) in [6.45, 7) is 1.91. The molecule has 0 aromatic carbocycles. The van der Waals surface area contributed by atoms with E-state index in [2.05, 4.69) is 31.1 Å². The molecule has 4 heterocycles. The molecular formula is C47H76N13O19P. The van der Waals surface area contributed by atoms with Gasteiger partial charge >= 0.3 is 19.8 Å². The molecular weight excluding hydrogens is 1080 g/mol. The zero-order chi connectivity index (χ0) is 59.6. The summed E-state index contributed by atoms with van der Waals surface area (Å²) in [5, 5.41) is 33.4. The lowest BCUT2D eigenvalue weighted by molar-refractivity contribution is -0.149. The van der Waals surface area contributed by atoms with Crippen molar-refractivity contribution in [2.45, 2.75) is 171 Å². The fraction of sp³-hybridized carbons (Fsp3) is 0.723. The molecule has 0 bridgehead atoms. The summed E-state index contributed by atoms with van der Waals surface area (Å²) in [5.41, 5.74) is 16.2. The lowest BCUT2D eigenvalue weighted by atomic mass is 10.1. The summed E-state index contributed by atoms with van der Waals surface area (Å²) in [6, 6.07) is -13.0. The van der Waals surface area contributed by atoms with Gasteiger partial charge in [0.05, 0.1) is 13.2 Å². The Morgan fingerprint density at radius 3 is 1.44 bits per heavy atom. The standard InChI is InChI=1S/C47H76N13O19P/c1-25(51-38(65)29(15-17-37(63)64)54-39(66)27(9-3-4-18-48)53-36(62)23-49)43(70)59-21-7-12-33(59)45(72)57-19-5-10-31(57)41(68)52-26(2)44(71)60-22-8-13-34(60)46(73)58-20-6-11-32(58)42(69)55-28(14-16-35(50)61)40(67)56-30(47(74)75)24-79-80(76,77)78/h25-34H,3-24,48-49H2,1-2H3,(H2,50,61)(H,51,65)(H,52,68)(H,53,62)(H,54,66)(H,55,69)(H,56,67)(H,63,64)(H,74,75)(H2,76,77,78)/t25-,26-,27-,28-,29-,30-,31-,32-,33-,34-/m0/s1. The molecule has 4 aliphatic rings. The number of phosphoric ester groups is 1. The van der Waals surface area contributed by atoms with Gasteiger partial charge in [-0.25, -0.2) is 9.36 Å². The summed E-state index contributed by atoms with van der Waals surface area (Å²) < 4.78 is 15.4. The third-order valence-electron chi connectivity index (χ3n) is 14.2. The summed E-state index contributed by atoms with van der Waals surface area (Å²) in [7, 11) is -5.16. The van der Waals surface area contributed by atoms with Crippen molar-refractivity contribution in [1.82, 2.24) is 51.5 Å². The van der Waals surface area contributed by atoms with Crippen LogP contribution in [0.1, 0.15) is 110 Å². The Morgan fingerprint density at radius 1 is 0.550 bits per heavy atom. The molecule has 4 fully saturated rings. The van der Waals surface area contributed by atoms with Gasteiger partial charge in [0.2, 0.25) is 65.0 Å². The molecule has 11 amide bonds. The number of primary amides is 1. The number of nitrogens with one attached hydrogen (secondary N) is 6. The van der Waals surface area contributed by atoms with Crippen LogP contribution < -0.4 is 49.1 Å². The second-order valence-corrected chi connectivity index (χ2v) is 21.3. The van der Waals surface area contributed by atoms with E-state index in [-0.39, 0.29) is 64.7 Å². The number of carboxylic acids is 2. The van der Waals surface area contributed by atoms with Gasteiger partial charge in [0.15, 0.2) is 6.04 Å². The monoisotopic (exact) mass is 1160 g/mol. The number of likely N-dealkylation sites (tertiary alicyclic amines) is 4. The maximum absolute atomic E-state index is 14.3. The largest absolute Gasteiger partial charge is 0.481 e. The van der Waals surface area contributed by atoms with Crippen molar-refractivity contribution in [3.8, 4) is 0 Å². The van der Waals surface area contributed by atoms with E-state index in [1.807, 2.05) is 5.32 Å². The average Bonchev–Trinajstić information content (AvgIpc) is 4.34. The number of carboxylic acid groups (broad SMARTS) is 2. The van der Waals surface area contributed by atoms with Gasteiger partial charge in [0.1, 0.15) is 54.4 Å². The number of phosphoric acid groups is 1. The van der Waals surface area contributed by atoms with Crippen LogP contribution in [0.25, 0.3) is 0 Å². The minimum atomic E-state index is -5.16. The van der Waals surface area contributed by atoms with Crippen molar-refractivity contribution in [1.29, 1.82) is 0 Å². The Morgan fingerprint density at radius 2 is 0.975 bits per heavy atom.